The summed E-state index contributed by atoms with van der Waals surface area (Å²) in [7, 11) is 0.419. The Kier molecular flexibility index (Phi) is 6.18. The molecule has 19 heavy (non-hydrogen) atoms. The van der Waals surface area contributed by atoms with E-state index in [9.17, 15) is 4.21 Å². The van der Waals surface area contributed by atoms with E-state index in [4.69, 9.17) is 9.47 Å². The van der Waals surface area contributed by atoms with Crippen LogP contribution in [0.25, 0.3) is 0 Å². The molecule has 0 N–H and O–H groups in total. The van der Waals surface area contributed by atoms with E-state index >= 15 is 0 Å². The molecule has 5 heteroatoms. The fraction of sp³-hybridized carbons (Fsp3) is 0.500. The van der Waals surface area contributed by atoms with Crippen LogP contribution in [0, 0.1) is 0 Å². The molecule has 0 bridgehead atoms. The predicted molar refractivity (Wildman–Crippen MR) is 79.0 cm³/mol. The number of hydrogen-bond donors (Lipinski definition) is 0. The smallest absolute Gasteiger partial charge is 0.144 e. The second-order valence-corrected chi connectivity index (χ2v) is 6.95. The molecule has 1 aromatic rings. The van der Waals surface area contributed by atoms with Gasteiger partial charge in [-0.15, -0.1) is 0 Å². The average Bonchev–Trinajstić information content (AvgIpc) is 2.37. The van der Waals surface area contributed by atoms with Gasteiger partial charge in [0.1, 0.15) is 16.7 Å². The maximum atomic E-state index is 11.6. The zero-order chi connectivity index (χ0) is 14.3. The number of benzene rings is 1. The lowest BCUT2D eigenvalue weighted by atomic mass is 10.2. The topological polar surface area (TPSA) is 47.9 Å². The largest absolute Gasteiger partial charge is 0.497 e. The first-order valence-electron chi connectivity index (χ1n) is 6.08. The molecule has 1 aromatic carbocycles. The minimum absolute atomic E-state index is 0.327. The van der Waals surface area contributed by atoms with E-state index in [2.05, 4.69) is 4.40 Å². The van der Waals surface area contributed by atoms with Crippen LogP contribution in [-0.4, -0.2) is 28.9 Å². The molecule has 0 unspecified atom stereocenters. The van der Waals surface area contributed by atoms with Gasteiger partial charge in [-0.3, -0.25) is 0 Å². The SMILES string of the molecule is COc1ccc(COCC=N[S@@](=O)C(C)(C)C)cc1. The number of nitrogens with zero attached hydrogens (tertiary/aromatic N) is 1. The van der Waals surface area contributed by atoms with Gasteiger partial charge in [0.15, 0.2) is 0 Å². The van der Waals surface area contributed by atoms with Gasteiger partial charge in [-0.25, -0.2) is 4.21 Å². The van der Waals surface area contributed by atoms with Crippen molar-refractivity contribution < 1.29 is 13.7 Å². The van der Waals surface area contributed by atoms with E-state index in [1.54, 1.807) is 13.3 Å². The molecular weight excluding hydrogens is 262 g/mol. The quantitative estimate of drug-likeness (QED) is 0.596. The van der Waals surface area contributed by atoms with E-state index in [-0.39, 0.29) is 4.75 Å². The first-order valence-corrected chi connectivity index (χ1v) is 7.19. The molecule has 0 aromatic heterocycles. The molecule has 0 aliphatic rings. The second-order valence-electron chi connectivity index (χ2n) is 5.01. The fourth-order valence-corrected chi connectivity index (χ4v) is 1.72. The molecule has 0 heterocycles. The first kappa shape index (κ1) is 15.9. The summed E-state index contributed by atoms with van der Waals surface area (Å²) in [5.41, 5.74) is 1.06. The minimum atomic E-state index is -1.22. The Morgan fingerprint density at radius 2 is 1.89 bits per heavy atom. The molecule has 1 atom stereocenters. The van der Waals surface area contributed by atoms with Gasteiger partial charge in [-0.1, -0.05) is 12.1 Å². The lowest BCUT2D eigenvalue weighted by Crippen LogP contribution is -2.19. The summed E-state index contributed by atoms with van der Waals surface area (Å²) in [6, 6.07) is 7.68. The van der Waals surface area contributed by atoms with E-state index in [1.165, 1.54) is 0 Å². The monoisotopic (exact) mass is 283 g/mol. The van der Waals surface area contributed by atoms with Gasteiger partial charge < -0.3 is 9.47 Å². The van der Waals surface area contributed by atoms with E-state index in [0.29, 0.717) is 13.2 Å². The molecular formula is C14H21NO3S. The second kappa shape index (κ2) is 7.40. The van der Waals surface area contributed by atoms with Crippen molar-refractivity contribution in [3.05, 3.63) is 29.8 Å². The van der Waals surface area contributed by atoms with Gasteiger partial charge in [0.25, 0.3) is 0 Å². The highest BCUT2D eigenvalue weighted by Gasteiger charge is 2.17. The highest BCUT2D eigenvalue weighted by atomic mass is 32.2. The van der Waals surface area contributed by atoms with Crippen molar-refractivity contribution in [1.82, 2.24) is 0 Å². The van der Waals surface area contributed by atoms with Crippen molar-refractivity contribution in [2.24, 2.45) is 4.40 Å². The Labute approximate surface area is 117 Å². The Balaban J connectivity index is 2.30. The third kappa shape index (κ3) is 5.98. The fourth-order valence-electron chi connectivity index (χ4n) is 1.21. The van der Waals surface area contributed by atoms with Crippen molar-refractivity contribution in [2.45, 2.75) is 32.1 Å². The predicted octanol–water partition coefficient (Wildman–Crippen LogP) is 2.74. The van der Waals surface area contributed by atoms with Crippen LogP contribution in [0.1, 0.15) is 26.3 Å². The minimum Gasteiger partial charge on any atom is -0.497 e. The Hall–Kier alpha value is -1.20. The number of hydrogen-bond acceptors (Lipinski definition) is 3. The molecule has 1 rings (SSSR count). The third-order valence-corrected chi connectivity index (χ3v) is 3.70. The summed E-state index contributed by atoms with van der Waals surface area (Å²) in [4.78, 5) is 0. The molecule has 4 nitrogen and oxygen atoms in total. The first-order chi connectivity index (χ1) is 8.93. The molecule has 0 fully saturated rings. The standard InChI is InChI=1S/C14H21NO3S/c1-14(2,3)19(16)15-9-10-18-11-12-5-7-13(17-4)8-6-12/h5-9H,10-11H2,1-4H3/t19-/m0/s1. The van der Waals surface area contributed by atoms with Crippen LogP contribution >= 0.6 is 0 Å². The lowest BCUT2D eigenvalue weighted by molar-refractivity contribution is 0.160. The lowest BCUT2D eigenvalue weighted by Gasteiger charge is -2.12. The Morgan fingerprint density at radius 3 is 2.42 bits per heavy atom. The molecule has 106 valence electrons. The van der Waals surface area contributed by atoms with Gasteiger partial charge >= 0.3 is 0 Å². The van der Waals surface area contributed by atoms with Crippen LogP contribution in [0.3, 0.4) is 0 Å². The van der Waals surface area contributed by atoms with Gasteiger partial charge in [-0.05, 0) is 38.5 Å². The molecule has 0 aliphatic carbocycles. The van der Waals surface area contributed by atoms with Crippen molar-refractivity contribution in [2.75, 3.05) is 13.7 Å². The summed E-state index contributed by atoms with van der Waals surface area (Å²) in [5, 5.41) is 0. The number of ether oxygens (including phenoxy) is 2. The van der Waals surface area contributed by atoms with Gasteiger partial charge in [0.2, 0.25) is 0 Å². The van der Waals surface area contributed by atoms with Crippen LogP contribution in [0.4, 0.5) is 0 Å². The van der Waals surface area contributed by atoms with Gasteiger partial charge in [0.05, 0.1) is 25.1 Å². The van der Waals surface area contributed by atoms with Crippen molar-refractivity contribution in [1.29, 1.82) is 0 Å². The molecule has 0 saturated carbocycles. The normalized spacial score (nSPS) is 13.7. The van der Waals surface area contributed by atoms with Crippen molar-refractivity contribution >= 4 is 17.2 Å². The summed E-state index contributed by atoms with van der Waals surface area (Å²) in [6.07, 6.45) is 1.56. The zero-order valence-corrected chi connectivity index (χ0v) is 12.7. The van der Waals surface area contributed by atoms with E-state index < -0.39 is 11.0 Å². The summed E-state index contributed by atoms with van der Waals surface area (Å²) in [6.45, 7) is 6.52. The Bertz CT molecular complexity index is 435. The summed E-state index contributed by atoms with van der Waals surface area (Å²) >= 11 is 0. The third-order valence-electron chi connectivity index (χ3n) is 2.31. The van der Waals surface area contributed by atoms with E-state index in [0.717, 1.165) is 11.3 Å². The van der Waals surface area contributed by atoms with Crippen LogP contribution in [0.2, 0.25) is 0 Å². The maximum absolute atomic E-state index is 11.6. The van der Waals surface area contributed by atoms with Crippen LogP contribution in [-0.2, 0) is 22.3 Å². The molecule has 0 spiro atoms. The van der Waals surface area contributed by atoms with Crippen LogP contribution in [0.15, 0.2) is 28.7 Å². The van der Waals surface area contributed by atoms with Crippen LogP contribution in [0.5, 0.6) is 5.75 Å². The van der Waals surface area contributed by atoms with Gasteiger partial charge in [0, 0.05) is 6.21 Å². The highest BCUT2D eigenvalue weighted by Crippen LogP contribution is 2.12. The molecule has 0 saturated heterocycles. The average molecular weight is 283 g/mol. The zero-order valence-electron chi connectivity index (χ0n) is 11.9. The van der Waals surface area contributed by atoms with Gasteiger partial charge in [-0.2, -0.15) is 4.40 Å². The highest BCUT2D eigenvalue weighted by molar-refractivity contribution is 7.85. The van der Waals surface area contributed by atoms with Crippen LogP contribution < -0.4 is 4.74 Å². The van der Waals surface area contributed by atoms with E-state index in [1.807, 2.05) is 45.0 Å². The number of methoxy groups -OCH3 is 1. The maximum Gasteiger partial charge on any atom is 0.144 e. The van der Waals surface area contributed by atoms with Crippen molar-refractivity contribution in [3.8, 4) is 5.75 Å². The Morgan fingerprint density at radius 1 is 1.26 bits per heavy atom. The molecule has 0 radical (unpaired) electrons. The summed E-state index contributed by atoms with van der Waals surface area (Å²) < 4.78 is 25.7. The summed E-state index contributed by atoms with van der Waals surface area (Å²) in [5.74, 6) is 0.825. The molecule has 0 amide bonds. The number of rotatable bonds is 6. The molecule has 0 aliphatic heterocycles. The van der Waals surface area contributed by atoms with Crippen molar-refractivity contribution in [3.63, 3.8) is 0 Å².